The summed E-state index contributed by atoms with van der Waals surface area (Å²) in [6.45, 7) is 2.36. The number of carbonyl (C=O) groups excluding carboxylic acids is 3. The van der Waals surface area contributed by atoms with E-state index in [1.165, 1.54) is 18.9 Å². The molecule has 5 rings (SSSR count). The third kappa shape index (κ3) is 10.5. The van der Waals surface area contributed by atoms with E-state index in [9.17, 15) is 14.4 Å². The molecule has 0 heterocycles. The van der Waals surface area contributed by atoms with Gasteiger partial charge in [-0.1, -0.05) is 73.7 Å². The fourth-order valence-electron chi connectivity index (χ4n) is 4.97. The van der Waals surface area contributed by atoms with Gasteiger partial charge in [-0.25, -0.2) is 0 Å². The minimum Gasteiger partial charge on any atom is -0.497 e. The molecule has 0 bridgehead atoms. The number of anilines is 2. The second-order valence-corrected chi connectivity index (χ2v) is 12.5. The molecular formula is C41H39N3O6S. The Hall–Kier alpha value is -6.00. The van der Waals surface area contributed by atoms with Crippen molar-refractivity contribution in [2.75, 3.05) is 24.9 Å². The number of carbonyl (C=O) groups is 3. The van der Waals surface area contributed by atoms with Crippen molar-refractivity contribution in [3.63, 3.8) is 0 Å². The van der Waals surface area contributed by atoms with E-state index >= 15 is 0 Å². The lowest BCUT2D eigenvalue weighted by molar-refractivity contribution is -0.116. The van der Waals surface area contributed by atoms with Crippen LogP contribution in [0.5, 0.6) is 17.2 Å². The Morgan fingerprint density at radius 3 is 2.14 bits per heavy atom. The van der Waals surface area contributed by atoms with E-state index in [0.29, 0.717) is 52.8 Å². The van der Waals surface area contributed by atoms with Crippen molar-refractivity contribution in [1.82, 2.24) is 5.32 Å². The van der Waals surface area contributed by atoms with Crippen molar-refractivity contribution in [2.45, 2.75) is 30.1 Å². The van der Waals surface area contributed by atoms with Crippen LogP contribution in [0.2, 0.25) is 0 Å². The van der Waals surface area contributed by atoms with E-state index in [-0.39, 0.29) is 11.6 Å². The van der Waals surface area contributed by atoms with Crippen LogP contribution in [0, 0.1) is 0 Å². The molecule has 3 N–H and O–H groups in total. The molecule has 1 atom stereocenters. The first-order valence-corrected chi connectivity index (χ1v) is 17.2. The van der Waals surface area contributed by atoms with Crippen LogP contribution >= 0.6 is 11.8 Å². The highest BCUT2D eigenvalue weighted by atomic mass is 32.2. The maximum Gasteiger partial charge on any atom is 0.272 e. The molecule has 10 heteroatoms. The van der Waals surface area contributed by atoms with E-state index in [1.807, 2.05) is 73.7 Å². The Bertz CT molecular complexity index is 1970. The number of hydrogen-bond donors (Lipinski definition) is 3. The smallest absolute Gasteiger partial charge is 0.272 e. The zero-order chi connectivity index (χ0) is 36.0. The van der Waals surface area contributed by atoms with Gasteiger partial charge in [-0.15, -0.1) is 11.8 Å². The summed E-state index contributed by atoms with van der Waals surface area (Å²) in [6, 6.07) is 38.2. The monoisotopic (exact) mass is 701 g/mol. The zero-order valence-corrected chi connectivity index (χ0v) is 29.4. The minimum absolute atomic E-state index is 0.0536. The molecule has 0 saturated heterocycles. The van der Waals surface area contributed by atoms with Crippen LogP contribution in [-0.4, -0.2) is 37.2 Å². The average Bonchev–Trinajstić information content (AvgIpc) is 3.17. The van der Waals surface area contributed by atoms with Gasteiger partial charge in [0.15, 0.2) is 0 Å². The van der Waals surface area contributed by atoms with Crippen molar-refractivity contribution in [3.05, 3.63) is 150 Å². The zero-order valence-electron chi connectivity index (χ0n) is 28.6. The summed E-state index contributed by atoms with van der Waals surface area (Å²) in [4.78, 5) is 41.0. The summed E-state index contributed by atoms with van der Waals surface area (Å²) in [5, 5.41) is 8.20. The molecule has 0 radical (unpaired) electrons. The van der Waals surface area contributed by atoms with Crippen LogP contribution in [0.1, 0.15) is 34.8 Å². The second kappa shape index (κ2) is 18.1. The molecule has 0 fully saturated rings. The first-order valence-electron chi connectivity index (χ1n) is 16.3. The largest absolute Gasteiger partial charge is 0.497 e. The van der Waals surface area contributed by atoms with Gasteiger partial charge in [-0.05, 0) is 78.2 Å². The van der Waals surface area contributed by atoms with E-state index in [0.717, 1.165) is 10.5 Å². The summed E-state index contributed by atoms with van der Waals surface area (Å²) in [5.74, 6) is 0.646. The lowest BCUT2D eigenvalue weighted by Crippen LogP contribution is -2.30. The molecule has 0 saturated carbocycles. The molecular weight excluding hydrogens is 663 g/mol. The van der Waals surface area contributed by atoms with Gasteiger partial charge >= 0.3 is 0 Å². The molecule has 0 aliphatic carbocycles. The normalized spacial score (nSPS) is 11.5. The molecule has 0 aliphatic rings. The molecule has 0 spiro atoms. The predicted octanol–water partition coefficient (Wildman–Crippen LogP) is 8.20. The van der Waals surface area contributed by atoms with Gasteiger partial charge in [0.05, 0.1) is 25.2 Å². The number of hydrogen-bond acceptors (Lipinski definition) is 7. The lowest BCUT2D eigenvalue weighted by atomic mass is 10.1. The predicted molar refractivity (Wildman–Crippen MR) is 202 cm³/mol. The van der Waals surface area contributed by atoms with Crippen molar-refractivity contribution in [1.29, 1.82) is 0 Å². The Labute approximate surface area is 302 Å². The fraction of sp³-hybridized carbons (Fsp3) is 0.146. The molecule has 9 nitrogen and oxygen atoms in total. The Morgan fingerprint density at radius 2 is 1.45 bits per heavy atom. The van der Waals surface area contributed by atoms with Crippen LogP contribution < -0.4 is 30.2 Å². The van der Waals surface area contributed by atoms with Gasteiger partial charge in [0, 0.05) is 22.2 Å². The summed E-state index contributed by atoms with van der Waals surface area (Å²) < 4.78 is 16.6. The van der Waals surface area contributed by atoms with Crippen LogP contribution in [0.25, 0.3) is 6.08 Å². The SMILES string of the molecule is CCC(Sc1cccc(NC(=O)/C(=C\c2ccc(OCc3ccccc3)cc2)NC(=O)c2ccccc2)c1)C(=O)Nc1cc(OC)ccc1OC. The van der Waals surface area contributed by atoms with E-state index in [4.69, 9.17) is 14.2 Å². The Morgan fingerprint density at radius 1 is 0.745 bits per heavy atom. The number of rotatable bonds is 15. The van der Waals surface area contributed by atoms with Crippen LogP contribution in [0.3, 0.4) is 0 Å². The minimum atomic E-state index is -0.513. The van der Waals surface area contributed by atoms with E-state index in [2.05, 4.69) is 16.0 Å². The van der Waals surface area contributed by atoms with Crippen molar-refractivity contribution in [2.24, 2.45) is 0 Å². The molecule has 3 amide bonds. The number of nitrogens with one attached hydrogen (secondary N) is 3. The maximum atomic E-state index is 13.7. The van der Waals surface area contributed by atoms with E-state index < -0.39 is 17.1 Å². The molecule has 260 valence electrons. The van der Waals surface area contributed by atoms with Gasteiger partial charge < -0.3 is 30.2 Å². The Kier molecular flexibility index (Phi) is 12.9. The van der Waals surface area contributed by atoms with Crippen LogP contribution in [0.4, 0.5) is 11.4 Å². The summed E-state index contributed by atoms with van der Waals surface area (Å²) in [7, 11) is 3.09. The summed E-state index contributed by atoms with van der Waals surface area (Å²) in [5.41, 5.74) is 3.21. The molecule has 0 aromatic heterocycles. The highest BCUT2D eigenvalue weighted by Crippen LogP contribution is 2.32. The highest BCUT2D eigenvalue weighted by Gasteiger charge is 2.21. The van der Waals surface area contributed by atoms with Gasteiger partial charge in [0.1, 0.15) is 29.6 Å². The van der Waals surface area contributed by atoms with Crippen molar-refractivity contribution in [3.8, 4) is 17.2 Å². The van der Waals surface area contributed by atoms with Crippen molar-refractivity contribution >= 4 is 46.9 Å². The molecule has 5 aromatic rings. The standard InChI is InChI=1S/C41H39N3O6S/c1-4-38(41(47)43-35-26-33(48-2)22-23-37(35)49-3)51-34-17-11-16-31(25-34)42-40(46)36(44-39(45)30-14-9-6-10-15-30)24-28-18-20-32(21-19-28)50-27-29-12-7-5-8-13-29/h5-26,38H,4,27H2,1-3H3,(H,42,46)(H,43,47)(H,44,45)/b36-24+. The number of methoxy groups -OCH3 is 2. The van der Waals surface area contributed by atoms with Crippen LogP contribution in [-0.2, 0) is 16.2 Å². The number of amides is 3. The first kappa shape index (κ1) is 36.3. The maximum absolute atomic E-state index is 13.7. The summed E-state index contributed by atoms with van der Waals surface area (Å²) >= 11 is 1.37. The van der Waals surface area contributed by atoms with Crippen molar-refractivity contribution < 1.29 is 28.6 Å². The molecule has 1 unspecified atom stereocenters. The Balaban J connectivity index is 1.30. The van der Waals surface area contributed by atoms with Gasteiger partial charge in [-0.2, -0.15) is 0 Å². The topological polar surface area (TPSA) is 115 Å². The number of thioether (sulfide) groups is 1. The average molecular weight is 702 g/mol. The molecule has 5 aromatic carbocycles. The van der Waals surface area contributed by atoms with Gasteiger partial charge in [0.2, 0.25) is 5.91 Å². The van der Waals surface area contributed by atoms with Gasteiger partial charge in [-0.3, -0.25) is 14.4 Å². The summed E-state index contributed by atoms with van der Waals surface area (Å²) in [6.07, 6.45) is 2.16. The van der Waals surface area contributed by atoms with Gasteiger partial charge in [0.25, 0.3) is 11.8 Å². The quantitative estimate of drug-likeness (QED) is 0.0745. The third-order valence-electron chi connectivity index (χ3n) is 7.67. The highest BCUT2D eigenvalue weighted by molar-refractivity contribution is 8.00. The first-order chi connectivity index (χ1) is 24.8. The van der Waals surface area contributed by atoms with E-state index in [1.54, 1.807) is 73.8 Å². The fourth-order valence-corrected chi connectivity index (χ4v) is 5.98. The molecule has 0 aliphatic heterocycles. The number of ether oxygens (including phenoxy) is 3. The third-order valence-corrected chi connectivity index (χ3v) is 9.02. The molecule has 51 heavy (non-hydrogen) atoms. The second-order valence-electron chi connectivity index (χ2n) is 11.3. The number of benzene rings is 5. The lowest BCUT2D eigenvalue weighted by Gasteiger charge is -2.17. The van der Waals surface area contributed by atoms with Crippen LogP contribution in [0.15, 0.2) is 138 Å².